The minimum atomic E-state index is -0.615. The van der Waals surface area contributed by atoms with Crippen LogP contribution < -0.4 is 0 Å². The summed E-state index contributed by atoms with van der Waals surface area (Å²) in [6, 6.07) is 0. The summed E-state index contributed by atoms with van der Waals surface area (Å²) in [5.41, 5.74) is 0. The van der Waals surface area contributed by atoms with Crippen molar-refractivity contribution in [3.8, 4) is 0 Å². The molecule has 1 aliphatic rings. The lowest BCUT2D eigenvalue weighted by atomic mass is 9.96. The van der Waals surface area contributed by atoms with Crippen molar-refractivity contribution in [1.29, 1.82) is 0 Å². The molecule has 1 fully saturated rings. The summed E-state index contributed by atoms with van der Waals surface area (Å²) in [5, 5.41) is 10.2. The lowest BCUT2D eigenvalue weighted by Gasteiger charge is -2.27. The zero-order valence-corrected chi connectivity index (χ0v) is 11.1. The summed E-state index contributed by atoms with van der Waals surface area (Å²) in [6.45, 7) is 13.4. The molecule has 3 nitrogen and oxygen atoms in total. The van der Waals surface area contributed by atoms with Crippen LogP contribution in [0.2, 0.25) is 0 Å². The molecule has 1 rings (SSSR count). The summed E-state index contributed by atoms with van der Waals surface area (Å²) < 4.78 is 11.8. The predicted molar refractivity (Wildman–Crippen MR) is 68.6 cm³/mol. The van der Waals surface area contributed by atoms with E-state index in [2.05, 4.69) is 13.2 Å². The Morgan fingerprint density at radius 1 is 1.29 bits per heavy atom. The monoisotopic (exact) mass is 240 g/mol. The van der Waals surface area contributed by atoms with Gasteiger partial charge in [-0.25, -0.2) is 0 Å². The Kier molecular flexibility index (Phi) is 4.92. The molecule has 1 N–H and O–H groups in total. The van der Waals surface area contributed by atoms with E-state index < -0.39 is 11.9 Å². The molecule has 0 aromatic rings. The van der Waals surface area contributed by atoms with E-state index in [1.54, 1.807) is 12.2 Å². The molecule has 17 heavy (non-hydrogen) atoms. The van der Waals surface area contributed by atoms with Gasteiger partial charge in [-0.15, -0.1) is 13.2 Å². The smallest absolute Gasteiger partial charge is 0.169 e. The van der Waals surface area contributed by atoms with Crippen molar-refractivity contribution in [3.05, 3.63) is 25.3 Å². The van der Waals surface area contributed by atoms with E-state index in [9.17, 15) is 5.11 Å². The Bertz CT molecular complexity index is 271. The van der Waals surface area contributed by atoms with Crippen LogP contribution in [0.25, 0.3) is 0 Å². The van der Waals surface area contributed by atoms with Gasteiger partial charge in [-0.1, -0.05) is 32.9 Å². The van der Waals surface area contributed by atoms with Crippen molar-refractivity contribution in [1.82, 2.24) is 0 Å². The van der Waals surface area contributed by atoms with Crippen LogP contribution in [0.5, 0.6) is 0 Å². The zero-order chi connectivity index (χ0) is 13.1. The third-order valence-corrected chi connectivity index (χ3v) is 3.58. The normalized spacial score (nSPS) is 30.8. The Hall–Kier alpha value is -0.640. The average Bonchev–Trinajstić information content (AvgIpc) is 2.76. The summed E-state index contributed by atoms with van der Waals surface area (Å²) in [4.78, 5) is 0. The van der Waals surface area contributed by atoms with Crippen LogP contribution in [0.3, 0.4) is 0 Å². The van der Waals surface area contributed by atoms with Crippen molar-refractivity contribution >= 4 is 0 Å². The third-order valence-electron chi connectivity index (χ3n) is 3.58. The standard InChI is InChI=1S/C14H24O3/c1-6-10(5)12(15)13-11(7-2)16-14(8-3,9-4)17-13/h6-7,10-13,15H,1-2,8-9H2,3-5H3/t10-,11-,12-,13+/m1/s1. The number of aliphatic hydroxyl groups excluding tert-OH is 1. The van der Waals surface area contributed by atoms with Gasteiger partial charge in [0.15, 0.2) is 5.79 Å². The van der Waals surface area contributed by atoms with Crippen molar-refractivity contribution < 1.29 is 14.6 Å². The molecule has 0 unspecified atom stereocenters. The van der Waals surface area contributed by atoms with Gasteiger partial charge in [-0.2, -0.15) is 0 Å². The lowest BCUT2D eigenvalue weighted by molar-refractivity contribution is -0.185. The molecule has 4 atom stereocenters. The van der Waals surface area contributed by atoms with Crippen LogP contribution in [-0.2, 0) is 9.47 Å². The second kappa shape index (κ2) is 5.80. The molecule has 0 bridgehead atoms. The van der Waals surface area contributed by atoms with Gasteiger partial charge in [0.1, 0.15) is 12.2 Å². The minimum Gasteiger partial charge on any atom is -0.390 e. The molecule has 0 aliphatic carbocycles. The maximum atomic E-state index is 10.2. The molecule has 1 heterocycles. The SMILES string of the molecule is C=C[C@@H](C)[C@@H](O)[C@H]1OC(CC)(CC)O[C@@H]1C=C. The Labute approximate surface area is 104 Å². The molecule has 0 saturated carbocycles. The topological polar surface area (TPSA) is 38.7 Å². The van der Waals surface area contributed by atoms with Gasteiger partial charge in [0.05, 0.1) is 6.10 Å². The summed E-state index contributed by atoms with van der Waals surface area (Å²) >= 11 is 0. The zero-order valence-electron chi connectivity index (χ0n) is 11.1. The molecule has 3 heteroatoms. The van der Waals surface area contributed by atoms with E-state index in [1.807, 2.05) is 20.8 Å². The first-order valence-electron chi connectivity index (χ1n) is 6.32. The highest BCUT2D eigenvalue weighted by Crippen LogP contribution is 2.37. The maximum absolute atomic E-state index is 10.2. The number of hydrogen-bond acceptors (Lipinski definition) is 3. The van der Waals surface area contributed by atoms with Crippen LogP contribution >= 0.6 is 0 Å². The fourth-order valence-corrected chi connectivity index (χ4v) is 2.13. The van der Waals surface area contributed by atoms with E-state index in [-0.39, 0.29) is 18.1 Å². The average molecular weight is 240 g/mol. The molecule has 0 spiro atoms. The van der Waals surface area contributed by atoms with Crippen molar-refractivity contribution in [2.24, 2.45) is 5.92 Å². The van der Waals surface area contributed by atoms with Crippen molar-refractivity contribution in [2.75, 3.05) is 0 Å². The first-order chi connectivity index (χ1) is 8.03. The second-order valence-electron chi connectivity index (χ2n) is 4.60. The van der Waals surface area contributed by atoms with Crippen LogP contribution in [0, 0.1) is 5.92 Å². The molecule has 0 aromatic carbocycles. The molecular formula is C14H24O3. The maximum Gasteiger partial charge on any atom is 0.169 e. The molecule has 98 valence electrons. The first-order valence-corrected chi connectivity index (χ1v) is 6.32. The van der Waals surface area contributed by atoms with E-state index >= 15 is 0 Å². The molecular weight excluding hydrogens is 216 g/mol. The summed E-state index contributed by atoms with van der Waals surface area (Å²) in [7, 11) is 0. The van der Waals surface area contributed by atoms with Crippen LogP contribution in [-0.4, -0.2) is 29.2 Å². The predicted octanol–water partition coefficient (Wildman–Crippen LogP) is 2.66. The van der Waals surface area contributed by atoms with Gasteiger partial charge in [0, 0.05) is 5.92 Å². The molecule has 0 aromatic heterocycles. The van der Waals surface area contributed by atoms with Crippen molar-refractivity contribution in [3.63, 3.8) is 0 Å². The molecule has 1 saturated heterocycles. The van der Waals surface area contributed by atoms with Gasteiger partial charge in [0.2, 0.25) is 0 Å². The van der Waals surface area contributed by atoms with Gasteiger partial charge >= 0.3 is 0 Å². The number of hydrogen-bond donors (Lipinski definition) is 1. The van der Waals surface area contributed by atoms with Gasteiger partial charge in [0.25, 0.3) is 0 Å². The van der Waals surface area contributed by atoms with Gasteiger partial charge in [-0.3, -0.25) is 0 Å². The second-order valence-corrected chi connectivity index (χ2v) is 4.60. The summed E-state index contributed by atoms with van der Waals surface area (Å²) in [6.07, 6.45) is 3.73. The van der Waals surface area contributed by atoms with Crippen LogP contribution in [0.4, 0.5) is 0 Å². The van der Waals surface area contributed by atoms with E-state index in [0.717, 1.165) is 12.8 Å². The largest absolute Gasteiger partial charge is 0.390 e. The van der Waals surface area contributed by atoms with Gasteiger partial charge < -0.3 is 14.6 Å². The third kappa shape index (κ3) is 2.79. The van der Waals surface area contributed by atoms with E-state index in [4.69, 9.17) is 9.47 Å². The Morgan fingerprint density at radius 2 is 1.88 bits per heavy atom. The van der Waals surface area contributed by atoms with Crippen molar-refractivity contribution in [2.45, 2.75) is 57.7 Å². The molecule has 0 amide bonds. The number of ether oxygens (including phenoxy) is 2. The molecule has 1 aliphatic heterocycles. The van der Waals surface area contributed by atoms with Gasteiger partial charge in [-0.05, 0) is 12.8 Å². The van der Waals surface area contributed by atoms with E-state index in [1.165, 1.54) is 0 Å². The van der Waals surface area contributed by atoms with Crippen LogP contribution in [0.1, 0.15) is 33.6 Å². The quantitative estimate of drug-likeness (QED) is 0.725. The highest BCUT2D eigenvalue weighted by Gasteiger charge is 2.47. The fourth-order valence-electron chi connectivity index (χ4n) is 2.13. The fraction of sp³-hybridized carbons (Fsp3) is 0.714. The Balaban J connectivity index is 2.85. The van der Waals surface area contributed by atoms with Crippen LogP contribution in [0.15, 0.2) is 25.3 Å². The number of aliphatic hydroxyl groups is 1. The highest BCUT2D eigenvalue weighted by molar-refractivity contribution is 5.00. The minimum absolute atomic E-state index is 0.0319. The molecule has 0 radical (unpaired) electrons. The highest BCUT2D eigenvalue weighted by atomic mass is 16.8. The lowest BCUT2D eigenvalue weighted by Crippen LogP contribution is -2.38. The first kappa shape index (κ1) is 14.4. The van der Waals surface area contributed by atoms with E-state index in [0.29, 0.717) is 0 Å². The number of rotatable bonds is 6. The summed E-state index contributed by atoms with van der Waals surface area (Å²) in [5.74, 6) is -0.610. The Morgan fingerprint density at radius 3 is 2.29 bits per heavy atom.